The standard InChI is InChI=1S/C26H17IO2/c27-22-11-5-9-19-13-15-20-14-12-18-8-4-10-21(23(18)25(20)24(19)22)26(28)29-16-17-6-2-1-3-7-17/h1-15H,16H2. The Morgan fingerprint density at radius 3 is 2.00 bits per heavy atom. The maximum absolute atomic E-state index is 13.1. The van der Waals surface area contributed by atoms with E-state index in [9.17, 15) is 4.79 Å². The fourth-order valence-electron chi connectivity index (χ4n) is 3.90. The Balaban J connectivity index is 1.72. The fourth-order valence-corrected chi connectivity index (χ4v) is 4.69. The summed E-state index contributed by atoms with van der Waals surface area (Å²) in [4.78, 5) is 13.1. The van der Waals surface area contributed by atoms with Crippen molar-refractivity contribution in [3.8, 4) is 0 Å². The van der Waals surface area contributed by atoms with E-state index in [0.29, 0.717) is 5.56 Å². The van der Waals surface area contributed by atoms with Crippen LogP contribution in [0.15, 0.2) is 91.0 Å². The average molecular weight is 488 g/mol. The minimum atomic E-state index is -0.296. The van der Waals surface area contributed by atoms with E-state index in [2.05, 4.69) is 71.1 Å². The van der Waals surface area contributed by atoms with Gasteiger partial charge < -0.3 is 4.74 Å². The zero-order valence-electron chi connectivity index (χ0n) is 15.6. The van der Waals surface area contributed by atoms with Gasteiger partial charge in [-0.15, -0.1) is 0 Å². The van der Waals surface area contributed by atoms with Gasteiger partial charge in [-0.05, 0) is 61.8 Å². The molecule has 0 unspecified atom stereocenters. The highest BCUT2D eigenvalue weighted by molar-refractivity contribution is 14.1. The number of carbonyl (C=O) groups excluding carboxylic acids is 1. The van der Waals surface area contributed by atoms with Crippen LogP contribution < -0.4 is 0 Å². The first kappa shape index (κ1) is 18.1. The predicted octanol–water partition coefficient (Wildman–Crippen LogP) is 7.11. The van der Waals surface area contributed by atoms with Crippen LogP contribution in [0.5, 0.6) is 0 Å². The summed E-state index contributed by atoms with van der Waals surface area (Å²) in [5, 5.41) is 6.58. The topological polar surface area (TPSA) is 26.3 Å². The van der Waals surface area contributed by atoms with Crippen molar-refractivity contribution >= 4 is 60.9 Å². The normalized spacial score (nSPS) is 11.2. The van der Waals surface area contributed by atoms with Crippen LogP contribution >= 0.6 is 22.6 Å². The summed E-state index contributed by atoms with van der Waals surface area (Å²) in [6, 6.07) is 30.4. The highest BCUT2D eigenvalue weighted by Gasteiger charge is 2.16. The molecule has 0 aliphatic rings. The third kappa shape index (κ3) is 3.25. The Kier molecular flexibility index (Phi) is 4.68. The summed E-state index contributed by atoms with van der Waals surface area (Å²) in [7, 11) is 0. The first-order chi connectivity index (χ1) is 14.2. The first-order valence-electron chi connectivity index (χ1n) is 9.46. The molecule has 2 nitrogen and oxygen atoms in total. The molecule has 5 aromatic carbocycles. The summed E-state index contributed by atoms with van der Waals surface area (Å²) >= 11 is 2.38. The Labute approximate surface area is 182 Å². The van der Waals surface area contributed by atoms with Crippen molar-refractivity contribution < 1.29 is 9.53 Å². The zero-order valence-corrected chi connectivity index (χ0v) is 17.7. The van der Waals surface area contributed by atoms with E-state index in [1.165, 1.54) is 14.3 Å². The van der Waals surface area contributed by atoms with E-state index in [1.807, 2.05) is 42.5 Å². The molecule has 3 heteroatoms. The molecule has 0 amide bonds. The molecule has 140 valence electrons. The molecule has 29 heavy (non-hydrogen) atoms. The Morgan fingerprint density at radius 1 is 0.655 bits per heavy atom. The van der Waals surface area contributed by atoms with Gasteiger partial charge in [0.1, 0.15) is 6.61 Å². The lowest BCUT2D eigenvalue weighted by Gasteiger charge is -2.13. The number of hydrogen-bond acceptors (Lipinski definition) is 2. The minimum absolute atomic E-state index is 0.263. The molecule has 0 radical (unpaired) electrons. The highest BCUT2D eigenvalue weighted by Crippen LogP contribution is 2.36. The molecule has 0 aromatic heterocycles. The molecule has 0 N–H and O–H groups in total. The third-order valence-corrected chi connectivity index (χ3v) is 6.15. The number of hydrogen-bond donors (Lipinski definition) is 0. The van der Waals surface area contributed by atoms with Gasteiger partial charge >= 0.3 is 5.97 Å². The molecule has 5 rings (SSSR count). The molecular weight excluding hydrogens is 471 g/mol. The summed E-state index contributed by atoms with van der Waals surface area (Å²) in [6.45, 7) is 0.263. The van der Waals surface area contributed by atoms with Gasteiger partial charge in [0.2, 0.25) is 0 Å². The van der Waals surface area contributed by atoms with Gasteiger partial charge in [0, 0.05) is 14.3 Å². The van der Waals surface area contributed by atoms with Crippen LogP contribution in [0.4, 0.5) is 0 Å². The maximum atomic E-state index is 13.1. The second-order valence-electron chi connectivity index (χ2n) is 7.03. The van der Waals surface area contributed by atoms with Crippen molar-refractivity contribution in [2.75, 3.05) is 0 Å². The molecule has 0 saturated carbocycles. The summed E-state index contributed by atoms with van der Waals surface area (Å²) in [5.74, 6) is -0.296. The van der Waals surface area contributed by atoms with Gasteiger partial charge in [-0.3, -0.25) is 0 Å². The van der Waals surface area contributed by atoms with Crippen LogP contribution in [0.1, 0.15) is 15.9 Å². The van der Waals surface area contributed by atoms with Crippen LogP contribution in [0.3, 0.4) is 0 Å². The van der Waals surface area contributed by atoms with Gasteiger partial charge in [-0.1, -0.05) is 78.9 Å². The highest BCUT2D eigenvalue weighted by atomic mass is 127. The minimum Gasteiger partial charge on any atom is -0.457 e. The molecule has 0 bridgehead atoms. The maximum Gasteiger partial charge on any atom is 0.339 e. The SMILES string of the molecule is O=C(OCc1ccccc1)c1cccc2ccc3ccc4cccc(I)c4c3c12. The van der Waals surface area contributed by atoms with Crippen molar-refractivity contribution in [3.63, 3.8) is 0 Å². The fraction of sp³-hybridized carbons (Fsp3) is 0.0385. The van der Waals surface area contributed by atoms with Crippen LogP contribution in [0, 0.1) is 3.57 Å². The zero-order chi connectivity index (χ0) is 19.8. The monoisotopic (exact) mass is 488 g/mol. The number of halogens is 1. The van der Waals surface area contributed by atoms with Crippen molar-refractivity contribution in [1.82, 2.24) is 0 Å². The van der Waals surface area contributed by atoms with Gasteiger partial charge in [-0.2, -0.15) is 0 Å². The van der Waals surface area contributed by atoms with Crippen molar-refractivity contribution in [2.24, 2.45) is 0 Å². The number of ether oxygens (including phenoxy) is 1. The van der Waals surface area contributed by atoms with E-state index in [-0.39, 0.29) is 12.6 Å². The largest absolute Gasteiger partial charge is 0.457 e. The predicted molar refractivity (Wildman–Crippen MR) is 127 cm³/mol. The lowest BCUT2D eigenvalue weighted by atomic mass is 9.93. The summed E-state index contributed by atoms with van der Waals surface area (Å²) < 4.78 is 6.84. The van der Waals surface area contributed by atoms with Gasteiger partial charge in [-0.25, -0.2) is 4.79 Å². The number of rotatable bonds is 3. The van der Waals surface area contributed by atoms with E-state index in [1.54, 1.807) is 0 Å². The third-order valence-electron chi connectivity index (χ3n) is 5.25. The summed E-state index contributed by atoms with van der Waals surface area (Å²) in [5.41, 5.74) is 1.59. The molecule has 0 spiro atoms. The second kappa shape index (κ2) is 7.48. The molecular formula is C26H17IO2. The molecule has 0 saturated heterocycles. The Bertz CT molecular complexity index is 1370. The van der Waals surface area contributed by atoms with E-state index in [4.69, 9.17) is 4.74 Å². The van der Waals surface area contributed by atoms with Crippen LogP contribution in [0.25, 0.3) is 32.3 Å². The Hall–Kier alpha value is -2.92. The molecule has 0 aliphatic carbocycles. The molecule has 0 fully saturated rings. The van der Waals surface area contributed by atoms with Crippen molar-refractivity contribution in [2.45, 2.75) is 6.61 Å². The van der Waals surface area contributed by atoms with Gasteiger partial charge in [0.15, 0.2) is 0 Å². The quantitative estimate of drug-likeness (QED) is 0.154. The van der Waals surface area contributed by atoms with Crippen LogP contribution in [-0.2, 0) is 11.3 Å². The lowest BCUT2D eigenvalue weighted by molar-refractivity contribution is 0.0475. The van der Waals surface area contributed by atoms with Gasteiger partial charge in [0.25, 0.3) is 0 Å². The second-order valence-corrected chi connectivity index (χ2v) is 8.19. The van der Waals surface area contributed by atoms with E-state index < -0.39 is 0 Å². The molecule has 0 aliphatic heterocycles. The molecule has 0 heterocycles. The number of esters is 1. The molecule has 5 aromatic rings. The van der Waals surface area contributed by atoms with E-state index >= 15 is 0 Å². The van der Waals surface area contributed by atoms with Crippen molar-refractivity contribution in [1.29, 1.82) is 0 Å². The first-order valence-corrected chi connectivity index (χ1v) is 10.5. The number of benzene rings is 5. The van der Waals surface area contributed by atoms with Crippen LogP contribution in [-0.4, -0.2) is 5.97 Å². The van der Waals surface area contributed by atoms with Crippen LogP contribution in [0.2, 0.25) is 0 Å². The smallest absolute Gasteiger partial charge is 0.339 e. The lowest BCUT2D eigenvalue weighted by Crippen LogP contribution is -2.06. The summed E-state index contributed by atoms with van der Waals surface area (Å²) in [6.07, 6.45) is 0. The average Bonchev–Trinajstić information content (AvgIpc) is 2.77. The van der Waals surface area contributed by atoms with Gasteiger partial charge in [0.05, 0.1) is 5.56 Å². The molecule has 0 atom stereocenters. The van der Waals surface area contributed by atoms with E-state index in [0.717, 1.165) is 27.1 Å². The Morgan fingerprint density at radius 2 is 1.28 bits per heavy atom. The number of carbonyl (C=O) groups is 1. The van der Waals surface area contributed by atoms with Crippen molar-refractivity contribution in [3.05, 3.63) is 106 Å². The number of fused-ring (bicyclic) bond motifs is 5.